The Morgan fingerprint density at radius 3 is 2.52 bits per heavy atom. The van der Waals surface area contributed by atoms with Crippen molar-refractivity contribution in [3.8, 4) is 5.75 Å². The number of likely N-dealkylation sites (tertiary alicyclic amines) is 1. The number of rotatable bonds is 6. The van der Waals surface area contributed by atoms with Gasteiger partial charge in [0.15, 0.2) is 0 Å². The average Bonchev–Trinajstić information content (AvgIpc) is 2.95. The Morgan fingerprint density at radius 1 is 1.07 bits per heavy atom. The molecular weight excluding hydrogens is 336 g/mol. The molecule has 0 aromatic heterocycles. The van der Waals surface area contributed by atoms with Crippen molar-refractivity contribution in [3.63, 3.8) is 0 Å². The van der Waals surface area contributed by atoms with E-state index < -0.39 is 0 Å². The third kappa shape index (κ3) is 5.33. The van der Waals surface area contributed by atoms with Gasteiger partial charge in [0.1, 0.15) is 5.75 Å². The summed E-state index contributed by atoms with van der Waals surface area (Å²) in [7, 11) is 3.70. The molecule has 27 heavy (non-hydrogen) atoms. The number of carbonyl (C=O) groups excluding carboxylic acids is 1. The molecule has 1 aliphatic heterocycles. The van der Waals surface area contributed by atoms with Crippen LogP contribution in [0.25, 0.3) is 0 Å². The van der Waals surface area contributed by atoms with Gasteiger partial charge in [0.05, 0.1) is 19.7 Å². The molecule has 1 aliphatic rings. The fourth-order valence-electron chi connectivity index (χ4n) is 3.85. The highest BCUT2D eigenvalue weighted by Gasteiger charge is 2.27. The number of ether oxygens (including phenoxy) is 1. The first kappa shape index (κ1) is 19.4. The number of carbonyl (C=O) groups is 1. The van der Waals surface area contributed by atoms with Gasteiger partial charge in [-0.15, -0.1) is 0 Å². The first-order valence-electron chi connectivity index (χ1n) is 9.83. The van der Waals surface area contributed by atoms with Crippen molar-refractivity contribution in [3.05, 3.63) is 65.7 Å². The fourth-order valence-corrected chi connectivity index (χ4v) is 3.85. The number of likely N-dealkylation sites (N-methyl/N-ethyl adjacent to an activating group) is 1. The molecule has 3 rings (SSSR count). The van der Waals surface area contributed by atoms with Crippen LogP contribution in [0, 0.1) is 0 Å². The van der Waals surface area contributed by atoms with E-state index in [4.69, 9.17) is 4.74 Å². The van der Waals surface area contributed by atoms with Crippen LogP contribution in [0.4, 0.5) is 0 Å². The van der Waals surface area contributed by atoms with Crippen LogP contribution in [0.3, 0.4) is 0 Å². The van der Waals surface area contributed by atoms with Crippen molar-refractivity contribution in [1.82, 2.24) is 9.80 Å². The smallest absolute Gasteiger partial charge is 0.237 e. The second kappa shape index (κ2) is 9.56. The van der Waals surface area contributed by atoms with E-state index in [0.717, 1.165) is 31.7 Å². The summed E-state index contributed by atoms with van der Waals surface area (Å²) in [4.78, 5) is 17.3. The van der Waals surface area contributed by atoms with E-state index in [2.05, 4.69) is 34.1 Å². The maximum Gasteiger partial charge on any atom is 0.237 e. The minimum absolute atomic E-state index is 0.163. The zero-order valence-electron chi connectivity index (χ0n) is 16.4. The minimum Gasteiger partial charge on any atom is -0.497 e. The Morgan fingerprint density at radius 2 is 1.81 bits per heavy atom. The minimum atomic E-state index is 0.163. The topological polar surface area (TPSA) is 32.8 Å². The van der Waals surface area contributed by atoms with Crippen molar-refractivity contribution >= 4 is 5.91 Å². The van der Waals surface area contributed by atoms with E-state index in [9.17, 15) is 4.79 Å². The van der Waals surface area contributed by atoms with Crippen LogP contribution in [-0.4, -0.2) is 43.0 Å². The van der Waals surface area contributed by atoms with Crippen molar-refractivity contribution in [2.45, 2.75) is 38.3 Å². The van der Waals surface area contributed by atoms with Gasteiger partial charge in [0, 0.05) is 13.1 Å². The molecule has 4 nitrogen and oxygen atoms in total. The predicted octanol–water partition coefficient (Wildman–Crippen LogP) is 4.27. The number of methoxy groups -OCH3 is 1. The van der Waals surface area contributed by atoms with Crippen LogP contribution >= 0.6 is 0 Å². The van der Waals surface area contributed by atoms with Gasteiger partial charge in [0.25, 0.3) is 0 Å². The summed E-state index contributed by atoms with van der Waals surface area (Å²) in [6, 6.07) is 18.7. The maximum atomic E-state index is 13.1. The molecular formula is C23H30N2O2. The number of hydrogen-bond acceptors (Lipinski definition) is 3. The SMILES string of the molecule is COc1ccc(C2CCCCCN2C(=O)CN(C)Cc2ccccc2)cc1. The highest BCUT2D eigenvalue weighted by molar-refractivity contribution is 5.78. The average molecular weight is 367 g/mol. The van der Waals surface area contributed by atoms with E-state index >= 15 is 0 Å². The molecule has 1 saturated heterocycles. The van der Waals surface area contributed by atoms with Gasteiger partial charge >= 0.3 is 0 Å². The van der Waals surface area contributed by atoms with E-state index in [1.165, 1.54) is 24.0 Å². The lowest BCUT2D eigenvalue weighted by atomic mass is 10.0. The zero-order chi connectivity index (χ0) is 19.1. The zero-order valence-corrected chi connectivity index (χ0v) is 16.4. The van der Waals surface area contributed by atoms with Gasteiger partial charge < -0.3 is 9.64 Å². The molecule has 144 valence electrons. The van der Waals surface area contributed by atoms with Gasteiger partial charge in [-0.1, -0.05) is 55.3 Å². The summed E-state index contributed by atoms with van der Waals surface area (Å²) in [5, 5.41) is 0. The van der Waals surface area contributed by atoms with Gasteiger partial charge in [-0.05, 0) is 43.1 Å². The molecule has 0 N–H and O–H groups in total. The molecule has 2 aromatic rings. The Bertz CT molecular complexity index is 715. The van der Waals surface area contributed by atoms with E-state index in [-0.39, 0.29) is 11.9 Å². The van der Waals surface area contributed by atoms with E-state index in [0.29, 0.717) is 6.54 Å². The Balaban J connectivity index is 1.69. The first-order valence-corrected chi connectivity index (χ1v) is 9.83. The van der Waals surface area contributed by atoms with Crippen LogP contribution in [0.2, 0.25) is 0 Å². The van der Waals surface area contributed by atoms with E-state index in [1.807, 2.05) is 37.4 Å². The summed E-state index contributed by atoms with van der Waals surface area (Å²) >= 11 is 0. The van der Waals surface area contributed by atoms with Gasteiger partial charge in [-0.25, -0.2) is 0 Å². The third-order valence-electron chi connectivity index (χ3n) is 5.27. The molecule has 0 aliphatic carbocycles. The summed E-state index contributed by atoms with van der Waals surface area (Å²) in [6.45, 7) is 2.07. The third-order valence-corrected chi connectivity index (χ3v) is 5.27. The van der Waals surface area contributed by atoms with Gasteiger partial charge in [0.2, 0.25) is 5.91 Å². The standard InChI is InChI=1S/C23H30N2O2/c1-24(17-19-9-5-3-6-10-19)18-23(26)25-16-8-4-7-11-22(25)20-12-14-21(27-2)15-13-20/h3,5-6,9-10,12-15,22H,4,7-8,11,16-18H2,1-2H3. The van der Waals surface area contributed by atoms with Crippen molar-refractivity contribution in [2.75, 3.05) is 27.2 Å². The van der Waals surface area contributed by atoms with Crippen LogP contribution in [-0.2, 0) is 11.3 Å². The fraction of sp³-hybridized carbons (Fsp3) is 0.435. The quantitative estimate of drug-likeness (QED) is 0.765. The molecule has 2 aromatic carbocycles. The van der Waals surface area contributed by atoms with Crippen molar-refractivity contribution in [2.24, 2.45) is 0 Å². The number of hydrogen-bond donors (Lipinski definition) is 0. The summed E-state index contributed by atoms with van der Waals surface area (Å²) in [5.41, 5.74) is 2.44. The van der Waals surface area contributed by atoms with Crippen LogP contribution in [0.1, 0.15) is 42.9 Å². The molecule has 1 amide bonds. The lowest BCUT2D eigenvalue weighted by Crippen LogP contribution is -2.41. The normalized spacial score (nSPS) is 17.6. The Labute approximate surface area is 162 Å². The molecule has 1 unspecified atom stereocenters. The van der Waals surface area contributed by atoms with Crippen molar-refractivity contribution < 1.29 is 9.53 Å². The van der Waals surface area contributed by atoms with Crippen LogP contribution in [0.5, 0.6) is 5.75 Å². The largest absolute Gasteiger partial charge is 0.497 e. The lowest BCUT2D eigenvalue weighted by molar-refractivity contribution is -0.134. The highest BCUT2D eigenvalue weighted by Crippen LogP contribution is 2.31. The lowest BCUT2D eigenvalue weighted by Gasteiger charge is -2.32. The molecule has 0 bridgehead atoms. The molecule has 1 heterocycles. The molecule has 1 atom stereocenters. The van der Waals surface area contributed by atoms with Crippen molar-refractivity contribution in [1.29, 1.82) is 0 Å². The molecule has 0 radical (unpaired) electrons. The Kier molecular flexibility index (Phi) is 6.88. The first-order chi connectivity index (χ1) is 13.2. The maximum absolute atomic E-state index is 13.1. The van der Waals surface area contributed by atoms with Gasteiger partial charge in [-0.3, -0.25) is 9.69 Å². The Hall–Kier alpha value is -2.33. The van der Waals surface area contributed by atoms with Gasteiger partial charge in [-0.2, -0.15) is 0 Å². The summed E-state index contributed by atoms with van der Waals surface area (Å²) in [5.74, 6) is 1.07. The number of nitrogens with zero attached hydrogens (tertiary/aromatic N) is 2. The van der Waals surface area contributed by atoms with Crippen LogP contribution < -0.4 is 4.74 Å². The summed E-state index contributed by atoms with van der Waals surface area (Å²) in [6.07, 6.45) is 4.47. The summed E-state index contributed by atoms with van der Waals surface area (Å²) < 4.78 is 5.28. The second-order valence-corrected chi connectivity index (χ2v) is 7.38. The van der Waals surface area contributed by atoms with E-state index in [1.54, 1.807) is 7.11 Å². The molecule has 0 saturated carbocycles. The second-order valence-electron chi connectivity index (χ2n) is 7.38. The molecule has 4 heteroatoms. The molecule has 1 fully saturated rings. The number of amides is 1. The predicted molar refractivity (Wildman–Crippen MR) is 109 cm³/mol. The highest BCUT2D eigenvalue weighted by atomic mass is 16.5. The van der Waals surface area contributed by atoms with Crippen LogP contribution in [0.15, 0.2) is 54.6 Å². The number of benzene rings is 2. The monoisotopic (exact) mass is 366 g/mol. The molecule has 0 spiro atoms.